The number of nitro groups is 1. The number of ether oxygens (including phenoxy) is 2. The number of nitrogens with zero attached hydrogens (tertiary/aromatic N) is 1. The predicted molar refractivity (Wildman–Crippen MR) is 76.3 cm³/mol. The number of methoxy groups -OCH3 is 2. The molecule has 0 heterocycles. The Hall–Kier alpha value is -1.82. The molecule has 0 radical (unpaired) electrons. The second kappa shape index (κ2) is 6.56. The van der Waals surface area contributed by atoms with Crippen molar-refractivity contribution in [2.75, 3.05) is 19.5 Å². The van der Waals surface area contributed by atoms with Crippen molar-refractivity contribution in [2.45, 2.75) is 37.8 Å². The fraction of sp³-hybridized carbons (Fsp3) is 0.571. The molecule has 0 bridgehead atoms. The van der Waals surface area contributed by atoms with Crippen molar-refractivity contribution in [3.63, 3.8) is 0 Å². The molecule has 2 unspecified atom stereocenters. The molecule has 1 aromatic carbocycles. The van der Waals surface area contributed by atoms with Crippen LogP contribution in [-0.2, 0) is 4.74 Å². The highest BCUT2D eigenvalue weighted by Gasteiger charge is 2.23. The fourth-order valence-corrected chi connectivity index (χ4v) is 2.63. The molecule has 1 fully saturated rings. The highest BCUT2D eigenvalue weighted by molar-refractivity contribution is 5.62. The van der Waals surface area contributed by atoms with Gasteiger partial charge in [0.1, 0.15) is 5.75 Å². The first kappa shape index (κ1) is 14.6. The van der Waals surface area contributed by atoms with E-state index in [1.807, 2.05) is 0 Å². The van der Waals surface area contributed by atoms with Crippen LogP contribution >= 0.6 is 0 Å². The minimum absolute atomic E-state index is 0.0624. The van der Waals surface area contributed by atoms with Crippen molar-refractivity contribution in [1.29, 1.82) is 0 Å². The number of non-ortho nitro benzene ring substituents is 1. The number of rotatable bonds is 5. The maximum atomic E-state index is 10.9. The average molecular weight is 280 g/mol. The summed E-state index contributed by atoms with van der Waals surface area (Å²) in [5.74, 6) is 0.621. The van der Waals surface area contributed by atoms with Crippen LogP contribution in [0.25, 0.3) is 0 Å². The van der Waals surface area contributed by atoms with Crippen LogP contribution < -0.4 is 10.1 Å². The van der Waals surface area contributed by atoms with Crippen molar-refractivity contribution < 1.29 is 14.4 Å². The Labute approximate surface area is 118 Å². The third-order valence-corrected chi connectivity index (χ3v) is 3.71. The van der Waals surface area contributed by atoms with E-state index >= 15 is 0 Å². The van der Waals surface area contributed by atoms with Crippen molar-refractivity contribution in [1.82, 2.24) is 0 Å². The van der Waals surface area contributed by atoms with Gasteiger partial charge < -0.3 is 14.8 Å². The standard InChI is InChI=1S/C14H20N2O4/c1-19-12-5-3-4-10(8-12)15-13-9-11(16(17)18)6-7-14(13)20-2/h6-7,9-10,12,15H,3-5,8H2,1-2H3. The first-order valence-electron chi connectivity index (χ1n) is 6.75. The van der Waals surface area contributed by atoms with E-state index < -0.39 is 4.92 Å². The van der Waals surface area contributed by atoms with E-state index in [9.17, 15) is 10.1 Å². The summed E-state index contributed by atoms with van der Waals surface area (Å²) < 4.78 is 10.7. The minimum Gasteiger partial charge on any atom is -0.495 e. The molecule has 0 spiro atoms. The van der Waals surface area contributed by atoms with Gasteiger partial charge in [-0.3, -0.25) is 10.1 Å². The monoisotopic (exact) mass is 280 g/mol. The molecule has 2 rings (SSSR count). The van der Waals surface area contributed by atoms with Gasteiger partial charge in [-0.05, 0) is 31.7 Å². The lowest BCUT2D eigenvalue weighted by atomic mass is 9.92. The summed E-state index contributed by atoms with van der Waals surface area (Å²) in [7, 11) is 3.28. The molecule has 0 saturated heterocycles. The molecular weight excluding hydrogens is 260 g/mol. The molecule has 1 N–H and O–H groups in total. The molecule has 1 aliphatic rings. The highest BCUT2D eigenvalue weighted by atomic mass is 16.6. The number of hydrogen-bond donors (Lipinski definition) is 1. The van der Waals surface area contributed by atoms with Gasteiger partial charge in [0.2, 0.25) is 0 Å². The van der Waals surface area contributed by atoms with E-state index in [2.05, 4.69) is 5.32 Å². The van der Waals surface area contributed by atoms with Crippen LogP contribution in [0.3, 0.4) is 0 Å². The van der Waals surface area contributed by atoms with Gasteiger partial charge in [-0.25, -0.2) is 0 Å². The predicted octanol–water partition coefficient (Wildman–Crippen LogP) is 2.97. The molecule has 0 amide bonds. The summed E-state index contributed by atoms with van der Waals surface area (Å²) in [5.41, 5.74) is 0.732. The molecule has 1 aromatic rings. The summed E-state index contributed by atoms with van der Waals surface area (Å²) in [6, 6.07) is 4.85. The average Bonchev–Trinajstić information content (AvgIpc) is 2.47. The quantitative estimate of drug-likeness (QED) is 0.663. The molecule has 6 heteroatoms. The van der Waals surface area contributed by atoms with Crippen molar-refractivity contribution >= 4 is 11.4 Å². The highest BCUT2D eigenvalue weighted by Crippen LogP contribution is 2.32. The zero-order valence-electron chi connectivity index (χ0n) is 11.8. The molecule has 2 atom stereocenters. The Bertz CT molecular complexity index is 478. The molecule has 110 valence electrons. The van der Waals surface area contributed by atoms with E-state index in [1.165, 1.54) is 12.1 Å². The molecule has 1 saturated carbocycles. The second-order valence-electron chi connectivity index (χ2n) is 5.01. The van der Waals surface area contributed by atoms with Crippen LogP contribution in [0, 0.1) is 10.1 Å². The zero-order valence-corrected chi connectivity index (χ0v) is 11.8. The first-order valence-corrected chi connectivity index (χ1v) is 6.75. The summed E-state index contributed by atoms with van der Waals surface area (Å²) in [6.45, 7) is 0. The van der Waals surface area contributed by atoms with Crippen LogP contribution in [0.5, 0.6) is 5.75 Å². The van der Waals surface area contributed by atoms with Crippen molar-refractivity contribution in [3.8, 4) is 5.75 Å². The maximum absolute atomic E-state index is 10.9. The van der Waals surface area contributed by atoms with E-state index in [1.54, 1.807) is 20.3 Å². The van der Waals surface area contributed by atoms with Crippen LogP contribution in [0.1, 0.15) is 25.7 Å². The molecule has 6 nitrogen and oxygen atoms in total. The normalized spacial score (nSPS) is 22.3. The van der Waals surface area contributed by atoms with E-state index in [4.69, 9.17) is 9.47 Å². The Morgan fingerprint density at radius 1 is 1.35 bits per heavy atom. The van der Waals surface area contributed by atoms with Gasteiger partial charge >= 0.3 is 0 Å². The fourth-order valence-electron chi connectivity index (χ4n) is 2.63. The van der Waals surface area contributed by atoms with Crippen LogP contribution in [0.2, 0.25) is 0 Å². The van der Waals surface area contributed by atoms with Crippen LogP contribution in [-0.4, -0.2) is 31.3 Å². The number of benzene rings is 1. The van der Waals surface area contributed by atoms with Crippen LogP contribution in [0.15, 0.2) is 18.2 Å². The zero-order chi connectivity index (χ0) is 14.5. The van der Waals surface area contributed by atoms with E-state index in [0.29, 0.717) is 11.4 Å². The van der Waals surface area contributed by atoms with Gasteiger partial charge in [-0.1, -0.05) is 0 Å². The smallest absolute Gasteiger partial charge is 0.271 e. The lowest BCUT2D eigenvalue weighted by Crippen LogP contribution is -2.31. The Morgan fingerprint density at radius 2 is 2.15 bits per heavy atom. The summed E-state index contributed by atoms with van der Waals surface area (Å²) in [4.78, 5) is 10.5. The summed E-state index contributed by atoms with van der Waals surface area (Å²) in [5, 5.41) is 14.2. The van der Waals surface area contributed by atoms with Gasteiger partial charge in [-0.15, -0.1) is 0 Å². The molecular formula is C14H20N2O4. The second-order valence-corrected chi connectivity index (χ2v) is 5.01. The largest absolute Gasteiger partial charge is 0.495 e. The SMILES string of the molecule is COc1ccc([N+](=O)[O-])cc1NC1CCCC(OC)C1. The Balaban J connectivity index is 2.14. The van der Waals surface area contributed by atoms with Gasteiger partial charge in [0.05, 0.1) is 23.8 Å². The Kier molecular flexibility index (Phi) is 4.79. The molecule has 0 aliphatic heterocycles. The van der Waals surface area contributed by atoms with Crippen LogP contribution in [0.4, 0.5) is 11.4 Å². The van der Waals surface area contributed by atoms with E-state index in [0.717, 1.165) is 25.7 Å². The molecule has 20 heavy (non-hydrogen) atoms. The summed E-state index contributed by atoms with van der Waals surface area (Å²) >= 11 is 0. The third-order valence-electron chi connectivity index (χ3n) is 3.71. The number of nitrogens with one attached hydrogen (secondary N) is 1. The van der Waals surface area contributed by atoms with Crippen molar-refractivity contribution in [3.05, 3.63) is 28.3 Å². The van der Waals surface area contributed by atoms with Crippen molar-refractivity contribution in [2.24, 2.45) is 0 Å². The third kappa shape index (κ3) is 3.39. The van der Waals surface area contributed by atoms with E-state index in [-0.39, 0.29) is 17.8 Å². The number of hydrogen-bond acceptors (Lipinski definition) is 5. The topological polar surface area (TPSA) is 73.6 Å². The van der Waals surface area contributed by atoms with Gasteiger partial charge in [0.15, 0.2) is 0 Å². The number of anilines is 1. The summed E-state index contributed by atoms with van der Waals surface area (Å²) in [6.07, 6.45) is 4.35. The maximum Gasteiger partial charge on any atom is 0.271 e. The van der Waals surface area contributed by atoms with Gasteiger partial charge in [-0.2, -0.15) is 0 Å². The first-order chi connectivity index (χ1) is 9.63. The Morgan fingerprint density at radius 3 is 2.80 bits per heavy atom. The lowest BCUT2D eigenvalue weighted by molar-refractivity contribution is -0.384. The number of nitro benzene ring substituents is 1. The molecule has 1 aliphatic carbocycles. The van der Waals surface area contributed by atoms with Gasteiger partial charge in [0.25, 0.3) is 5.69 Å². The molecule has 0 aromatic heterocycles. The van der Waals surface area contributed by atoms with Gasteiger partial charge in [0, 0.05) is 25.3 Å². The lowest BCUT2D eigenvalue weighted by Gasteiger charge is -2.29. The minimum atomic E-state index is -0.399.